The number of aromatic nitrogens is 2. The van der Waals surface area contributed by atoms with Gasteiger partial charge in [-0.25, -0.2) is 18.4 Å². The Balaban J connectivity index is 1.46. The standard InChI is InChI=1S/C28H33N5O4S/c1-33(15-16-38(3,34)35)14-13-30-25-17-23-24(18-26(25)36-2)31-28(32-27(23)29)21-9-11-22(12-10-21)37-19-20-7-5-4-6-8-20/h4-12,17-18,30H,13-16,19H2,1-3H3,(H2,29,31,32). The van der Waals surface area contributed by atoms with Crippen LogP contribution in [-0.2, 0) is 16.4 Å². The number of fused-ring (bicyclic) bond motifs is 1. The molecule has 0 fully saturated rings. The van der Waals surface area contributed by atoms with Gasteiger partial charge in [-0.2, -0.15) is 0 Å². The lowest BCUT2D eigenvalue weighted by atomic mass is 10.1. The number of hydrogen-bond donors (Lipinski definition) is 2. The molecule has 3 aromatic carbocycles. The predicted octanol–water partition coefficient (Wildman–Crippen LogP) is 3.85. The highest BCUT2D eigenvalue weighted by molar-refractivity contribution is 7.90. The van der Waals surface area contributed by atoms with Crippen molar-refractivity contribution in [2.45, 2.75) is 6.61 Å². The average molecular weight is 536 g/mol. The van der Waals surface area contributed by atoms with Crippen molar-refractivity contribution in [3.05, 3.63) is 72.3 Å². The number of nitrogen functional groups attached to an aromatic ring is 1. The first-order valence-electron chi connectivity index (χ1n) is 12.2. The quantitative estimate of drug-likeness (QED) is 0.279. The highest BCUT2D eigenvalue weighted by Gasteiger charge is 2.13. The summed E-state index contributed by atoms with van der Waals surface area (Å²) in [7, 11) is 0.499. The van der Waals surface area contributed by atoms with Gasteiger partial charge >= 0.3 is 0 Å². The second-order valence-corrected chi connectivity index (χ2v) is 11.4. The fraction of sp³-hybridized carbons (Fsp3) is 0.286. The fourth-order valence-corrected chi connectivity index (χ4v) is 4.52. The number of anilines is 2. The summed E-state index contributed by atoms with van der Waals surface area (Å²) in [6, 6.07) is 21.3. The number of sulfone groups is 1. The van der Waals surface area contributed by atoms with Crippen LogP contribution in [0.25, 0.3) is 22.3 Å². The molecule has 0 radical (unpaired) electrons. The zero-order chi connectivity index (χ0) is 27.1. The molecule has 0 spiro atoms. The Kier molecular flexibility index (Phi) is 8.65. The van der Waals surface area contributed by atoms with Crippen molar-refractivity contribution in [1.82, 2.24) is 14.9 Å². The van der Waals surface area contributed by atoms with Gasteiger partial charge < -0.3 is 25.4 Å². The molecule has 0 aliphatic rings. The molecule has 38 heavy (non-hydrogen) atoms. The summed E-state index contributed by atoms with van der Waals surface area (Å²) in [5, 5.41) is 4.06. The average Bonchev–Trinajstić information content (AvgIpc) is 2.91. The maximum atomic E-state index is 11.4. The highest BCUT2D eigenvalue weighted by atomic mass is 32.2. The van der Waals surface area contributed by atoms with Crippen LogP contribution in [0.1, 0.15) is 5.56 Å². The van der Waals surface area contributed by atoms with Crippen LogP contribution in [0.5, 0.6) is 11.5 Å². The van der Waals surface area contributed by atoms with Crippen LogP contribution in [0.2, 0.25) is 0 Å². The third-order valence-electron chi connectivity index (χ3n) is 6.06. The monoisotopic (exact) mass is 535 g/mol. The predicted molar refractivity (Wildman–Crippen MR) is 152 cm³/mol. The van der Waals surface area contributed by atoms with Crippen LogP contribution in [0.3, 0.4) is 0 Å². The van der Waals surface area contributed by atoms with E-state index in [2.05, 4.69) is 10.3 Å². The van der Waals surface area contributed by atoms with Crippen molar-refractivity contribution >= 4 is 32.2 Å². The summed E-state index contributed by atoms with van der Waals surface area (Å²) < 4.78 is 34.2. The Labute approximate surface area is 223 Å². The molecule has 4 rings (SSSR count). The van der Waals surface area contributed by atoms with E-state index in [4.69, 9.17) is 20.2 Å². The van der Waals surface area contributed by atoms with Crippen molar-refractivity contribution in [1.29, 1.82) is 0 Å². The normalized spacial score (nSPS) is 11.6. The van der Waals surface area contributed by atoms with E-state index in [1.165, 1.54) is 6.26 Å². The molecule has 1 heterocycles. The zero-order valence-electron chi connectivity index (χ0n) is 21.8. The second-order valence-electron chi connectivity index (χ2n) is 9.16. The van der Waals surface area contributed by atoms with Gasteiger partial charge in [0.25, 0.3) is 0 Å². The van der Waals surface area contributed by atoms with Crippen molar-refractivity contribution in [3.63, 3.8) is 0 Å². The van der Waals surface area contributed by atoms with Gasteiger partial charge in [-0.1, -0.05) is 30.3 Å². The molecule has 1 aromatic heterocycles. The SMILES string of the molecule is COc1cc2nc(-c3ccc(OCc4ccccc4)cc3)nc(N)c2cc1NCCN(C)CCS(C)(=O)=O. The molecule has 200 valence electrons. The van der Waals surface area contributed by atoms with E-state index >= 15 is 0 Å². The number of benzene rings is 3. The third-order valence-corrected chi connectivity index (χ3v) is 6.98. The van der Waals surface area contributed by atoms with E-state index in [1.807, 2.05) is 78.7 Å². The maximum Gasteiger partial charge on any atom is 0.162 e. The molecule has 0 amide bonds. The number of rotatable bonds is 12. The molecule has 4 aromatic rings. The summed E-state index contributed by atoms with van der Waals surface area (Å²) in [4.78, 5) is 11.2. The molecular weight excluding hydrogens is 502 g/mol. The van der Waals surface area contributed by atoms with E-state index in [9.17, 15) is 8.42 Å². The van der Waals surface area contributed by atoms with Crippen LogP contribution in [0.15, 0.2) is 66.7 Å². The number of ether oxygens (including phenoxy) is 2. The Hall–Kier alpha value is -3.89. The number of nitrogens with one attached hydrogen (secondary N) is 1. The van der Waals surface area contributed by atoms with Gasteiger partial charge in [-0.05, 0) is 42.9 Å². The first-order chi connectivity index (χ1) is 18.2. The molecule has 0 aliphatic carbocycles. The zero-order valence-corrected chi connectivity index (χ0v) is 22.7. The molecule has 0 saturated carbocycles. The Bertz CT molecular complexity index is 1480. The molecular formula is C28H33N5O4S. The number of nitrogens with zero attached hydrogens (tertiary/aromatic N) is 3. The van der Waals surface area contributed by atoms with Crippen LogP contribution >= 0.6 is 0 Å². The van der Waals surface area contributed by atoms with Crippen molar-refractivity contribution in [2.24, 2.45) is 0 Å². The molecule has 0 aliphatic heterocycles. The summed E-state index contributed by atoms with van der Waals surface area (Å²) in [6.07, 6.45) is 1.24. The smallest absolute Gasteiger partial charge is 0.162 e. The summed E-state index contributed by atoms with van der Waals surface area (Å²) in [5.74, 6) is 2.39. The fourth-order valence-electron chi connectivity index (χ4n) is 3.87. The second kappa shape index (κ2) is 12.1. The van der Waals surface area contributed by atoms with Crippen LogP contribution in [0, 0.1) is 0 Å². The molecule has 9 nitrogen and oxygen atoms in total. The molecule has 0 saturated heterocycles. The van der Waals surface area contributed by atoms with Gasteiger partial charge in [0.05, 0.1) is 24.1 Å². The summed E-state index contributed by atoms with van der Waals surface area (Å²) in [5.41, 5.74) is 9.70. The van der Waals surface area contributed by atoms with Gasteiger partial charge in [-0.15, -0.1) is 0 Å². The number of nitrogens with two attached hydrogens (primary N) is 1. The number of methoxy groups -OCH3 is 1. The Morgan fingerprint density at radius 2 is 1.74 bits per heavy atom. The van der Waals surface area contributed by atoms with Gasteiger partial charge in [0.2, 0.25) is 0 Å². The molecule has 10 heteroatoms. The van der Waals surface area contributed by atoms with Crippen molar-refractivity contribution in [2.75, 3.05) is 56.9 Å². The lowest BCUT2D eigenvalue weighted by molar-refractivity contribution is 0.306. The number of likely N-dealkylation sites (N-methyl/N-ethyl adjacent to an activating group) is 1. The van der Waals surface area contributed by atoms with Gasteiger partial charge in [0, 0.05) is 42.9 Å². The molecule has 0 unspecified atom stereocenters. The first kappa shape index (κ1) is 27.2. The number of hydrogen-bond acceptors (Lipinski definition) is 9. The maximum absolute atomic E-state index is 11.4. The van der Waals surface area contributed by atoms with E-state index in [0.717, 1.165) is 22.6 Å². The van der Waals surface area contributed by atoms with Gasteiger partial charge in [-0.3, -0.25) is 0 Å². The summed E-state index contributed by atoms with van der Waals surface area (Å²) >= 11 is 0. The van der Waals surface area contributed by atoms with Crippen LogP contribution in [0.4, 0.5) is 11.5 Å². The van der Waals surface area contributed by atoms with E-state index in [-0.39, 0.29) is 5.75 Å². The summed E-state index contributed by atoms with van der Waals surface area (Å²) in [6.45, 7) is 2.22. The van der Waals surface area contributed by atoms with E-state index in [1.54, 1.807) is 7.11 Å². The largest absolute Gasteiger partial charge is 0.495 e. The minimum atomic E-state index is -2.99. The molecule has 0 bridgehead atoms. The first-order valence-corrected chi connectivity index (χ1v) is 14.3. The lowest BCUT2D eigenvalue weighted by Crippen LogP contribution is -2.29. The van der Waals surface area contributed by atoms with Crippen molar-refractivity contribution < 1.29 is 17.9 Å². The van der Waals surface area contributed by atoms with Gasteiger partial charge in [0.15, 0.2) is 5.82 Å². The molecule has 0 atom stereocenters. The van der Waals surface area contributed by atoms with Crippen LogP contribution in [-0.4, -0.2) is 69.1 Å². The highest BCUT2D eigenvalue weighted by Crippen LogP contribution is 2.33. The van der Waals surface area contributed by atoms with E-state index < -0.39 is 9.84 Å². The van der Waals surface area contributed by atoms with Gasteiger partial charge in [0.1, 0.15) is 33.8 Å². The Morgan fingerprint density at radius 1 is 1.00 bits per heavy atom. The molecule has 3 N–H and O–H groups in total. The minimum Gasteiger partial charge on any atom is -0.495 e. The van der Waals surface area contributed by atoms with Crippen LogP contribution < -0.4 is 20.5 Å². The topological polar surface area (TPSA) is 120 Å². The van der Waals surface area contributed by atoms with Crippen molar-refractivity contribution in [3.8, 4) is 22.9 Å². The third kappa shape index (κ3) is 7.33. The lowest BCUT2D eigenvalue weighted by Gasteiger charge is -2.18. The Morgan fingerprint density at radius 3 is 2.42 bits per heavy atom. The van der Waals surface area contributed by atoms with E-state index in [0.29, 0.717) is 54.5 Å². The minimum absolute atomic E-state index is 0.127.